The highest BCUT2D eigenvalue weighted by Crippen LogP contribution is 2.32. The predicted molar refractivity (Wildman–Crippen MR) is 96.3 cm³/mol. The first-order chi connectivity index (χ1) is 12.3. The van der Waals surface area contributed by atoms with Crippen LogP contribution in [0.5, 0.6) is 0 Å². The van der Waals surface area contributed by atoms with Crippen molar-refractivity contribution < 1.29 is 0 Å². The molecule has 130 valence electrons. The fourth-order valence-corrected chi connectivity index (χ4v) is 3.66. The van der Waals surface area contributed by atoms with Crippen LogP contribution in [0.15, 0.2) is 43.1 Å². The summed E-state index contributed by atoms with van der Waals surface area (Å²) in [4.78, 5) is 16.1. The lowest BCUT2D eigenvalue weighted by Gasteiger charge is -2.24. The van der Waals surface area contributed by atoms with Crippen molar-refractivity contribution in [3.8, 4) is 5.82 Å². The second kappa shape index (κ2) is 6.80. The normalized spacial score (nSPS) is 18.1. The molecule has 0 aromatic carbocycles. The van der Waals surface area contributed by atoms with Gasteiger partial charge >= 0.3 is 0 Å². The third kappa shape index (κ3) is 3.09. The number of rotatable bonds is 5. The lowest BCUT2D eigenvalue weighted by molar-refractivity contribution is 0.239. The lowest BCUT2D eigenvalue weighted by atomic mass is 10.1. The third-order valence-electron chi connectivity index (χ3n) is 5.02. The van der Waals surface area contributed by atoms with Gasteiger partial charge in [-0.3, -0.25) is 9.47 Å². The Morgan fingerprint density at radius 1 is 1.28 bits per heavy atom. The minimum Gasteiger partial charge on any atom is -0.337 e. The molecule has 4 rings (SSSR count). The smallest absolute Gasteiger partial charge is 0.138 e. The number of aromatic nitrogens is 5. The van der Waals surface area contributed by atoms with Gasteiger partial charge in [-0.2, -0.15) is 0 Å². The van der Waals surface area contributed by atoms with Crippen LogP contribution < -0.4 is 0 Å². The van der Waals surface area contributed by atoms with Crippen LogP contribution in [0.4, 0.5) is 0 Å². The van der Waals surface area contributed by atoms with Crippen LogP contribution in [0.3, 0.4) is 0 Å². The topological polar surface area (TPSA) is 51.8 Å². The van der Waals surface area contributed by atoms with Crippen molar-refractivity contribution in [1.29, 1.82) is 0 Å². The monoisotopic (exact) mass is 336 g/mol. The van der Waals surface area contributed by atoms with Crippen molar-refractivity contribution in [3.63, 3.8) is 0 Å². The quantitative estimate of drug-likeness (QED) is 0.719. The predicted octanol–water partition coefficient (Wildman–Crippen LogP) is 2.90. The maximum atomic E-state index is 4.97. The van der Waals surface area contributed by atoms with Crippen LogP contribution in [0.25, 0.3) is 5.82 Å². The first-order valence-electron chi connectivity index (χ1n) is 8.95. The Morgan fingerprint density at radius 3 is 3.00 bits per heavy atom. The van der Waals surface area contributed by atoms with Crippen molar-refractivity contribution >= 4 is 0 Å². The van der Waals surface area contributed by atoms with Crippen LogP contribution >= 0.6 is 0 Å². The minimum absolute atomic E-state index is 0.364. The van der Waals surface area contributed by atoms with Crippen LogP contribution in [0, 0.1) is 0 Å². The summed E-state index contributed by atoms with van der Waals surface area (Å²) in [6.45, 7) is 4.14. The molecule has 0 aliphatic carbocycles. The standard InChI is InChI=1S/C19H24N6/c1-3-18-21-9-11-25(18)19-8-4-6-16(22-19)17-7-5-10-24(17)13-15-12-20-14-23(15)2/h4,6,8-9,11-12,14,17H,3,5,7,10,13H2,1-2H3/t17-/m0/s1. The molecule has 0 amide bonds. The molecule has 0 radical (unpaired) electrons. The summed E-state index contributed by atoms with van der Waals surface area (Å²) < 4.78 is 4.18. The number of nitrogens with zero attached hydrogens (tertiary/aromatic N) is 6. The van der Waals surface area contributed by atoms with E-state index < -0.39 is 0 Å². The average molecular weight is 336 g/mol. The Morgan fingerprint density at radius 2 is 2.20 bits per heavy atom. The van der Waals surface area contributed by atoms with Crippen LogP contribution in [0.1, 0.15) is 43.0 Å². The highest BCUT2D eigenvalue weighted by atomic mass is 15.2. The number of hydrogen-bond donors (Lipinski definition) is 0. The number of aryl methyl sites for hydroxylation is 2. The molecule has 0 spiro atoms. The van der Waals surface area contributed by atoms with Crippen molar-refractivity contribution in [2.45, 2.75) is 38.8 Å². The van der Waals surface area contributed by atoms with E-state index in [1.54, 1.807) is 0 Å². The molecule has 0 N–H and O–H groups in total. The number of hydrogen-bond acceptors (Lipinski definition) is 4. The van der Waals surface area contributed by atoms with Crippen LogP contribution in [-0.2, 0) is 20.0 Å². The molecule has 1 saturated heterocycles. The maximum Gasteiger partial charge on any atom is 0.138 e. The molecule has 4 heterocycles. The largest absolute Gasteiger partial charge is 0.337 e. The van der Waals surface area contributed by atoms with Crippen molar-refractivity contribution in [1.82, 2.24) is 29.0 Å². The Bertz CT molecular complexity index is 849. The van der Waals surface area contributed by atoms with Gasteiger partial charge in [0.2, 0.25) is 0 Å². The van der Waals surface area contributed by atoms with Gasteiger partial charge in [0, 0.05) is 38.6 Å². The van der Waals surface area contributed by atoms with E-state index in [4.69, 9.17) is 4.98 Å². The highest BCUT2D eigenvalue weighted by molar-refractivity contribution is 5.28. The van der Waals surface area contributed by atoms with E-state index in [1.165, 1.54) is 12.1 Å². The van der Waals surface area contributed by atoms with Crippen molar-refractivity contribution in [2.24, 2.45) is 7.05 Å². The summed E-state index contributed by atoms with van der Waals surface area (Å²) in [6.07, 6.45) is 10.9. The van der Waals surface area contributed by atoms with Crippen LogP contribution in [0.2, 0.25) is 0 Å². The van der Waals surface area contributed by atoms with E-state index in [0.29, 0.717) is 6.04 Å². The van der Waals surface area contributed by atoms with Gasteiger partial charge in [0.15, 0.2) is 0 Å². The molecule has 3 aromatic heterocycles. The molecule has 6 heteroatoms. The number of imidazole rings is 2. The van der Waals surface area contributed by atoms with Gasteiger partial charge in [-0.15, -0.1) is 0 Å². The summed E-state index contributed by atoms with van der Waals surface area (Å²) in [5.41, 5.74) is 2.39. The summed E-state index contributed by atoms with van der Waals surface area (Å²) in [5, 5.41) is 0. The van der Waals surface area contributed by atoms with E-state index in [1.807, 2.05) is 24.9 Å². The van der Waals surface area contributed by atoms with Gasteiger partial charge in [-0.05, 0) is 31.5 Å². The SMILES string of the molecule is CCc1nccn1-c1cccc([C@@H]2CCCN2Cc2cncn2C)n1. The molecule has 1 aliphatic rings. The van der Waals surface area contributed by atoms with Gasteiger partial charge < -0.3 is 4.57 Å². The van der Waals surface area contributed by atoms with E-state index in [0.717, 1.165) is 43.3 Å². The van der Waals surface area contributed by atoms with Gasteiger partial charge in [0.25, 0.3) is 0 Å². The van der Waals surface area contributed by atoms with Crippen molar-refractivity contribution in [2.75, 3.05) is 6.54 Å². The minimum atomic E-state index is 0.364. The van der Waals surface area contributed by atoms with E-state index in [9.17, 15) is 0 Å². The number of likely N-dealkylation sites (tertiary alicyclic amines) is 1. The Balaban J connectivity index is 1.60. The zero-order valence-electron chi connectivity index (χ0n) is 14.8. The highest BCUT2D eigenvalue weighted by Gasteiger charge is 2.28. The molecule has 1 fully saturated rings. The third-order valence-corrected chi connectivity index (χ3v) is 5.02. The zero-order chi connectivity index (χ0) is 17.2. The van der Waals surface area contributed by atoms with E-state index >= 15 is 0 Å². The van der Waals surface area contributed by atoms with Gasteiger partial charge in [0.1, 0.15) is 11.6 Å². The molecule has 6 nitrogen and oxygen atoms in total. The second-order valence-electron chi connectivity index (χ2n) is 6.61. The van der Waals surface area contributed by atoms with E-state index in [-0.39, 0.29) is 0 Å². The molecule has 1 atom stereocenters. The van der Waals surface area contributed by atoms with Gasteiger partial charge in [-0.1, -0.05) is 13.0 Å². The van der Waals surface area contributed by atoms with E-state index in [2.05, 4.69) is 56.2 Å². The van der Waals surface area contributed by atoms with Crippen LogP contribution in [-0.4, -0.2) is 35.5 Å². The Kier molecular flexibility index (Phi) is 4.36. The zero-order valence-corrected chi connectivity index (χ0v) is 14.8. The first kappa shape index (κ1) is 16.0. The summed E-state index contributed by atoms with van der Waals surface area (Å²) in [6, 6.07) is 6.68. The fourth-order valence-electron chi connectivity index (χ4n) is 3.66. The van der Waals surface area contributed by atoms with Gasteiger partial charge in [-0.25, -0.2) is 15.0 Å². The molecular formula is C19H24N6. The molecule has 0 unspecified atom stereocenters. The average Bonchev–Trinajstić information content (AvgIpc) is 3.37. The lowest BCUT2D eigenvalue weighted by Crippen LogP contribution is -2.24. The molecule has 1 aliphatic heterocycles. The Labute approximate surface area is 148 Å². The second-order valence-corrected chi connectivity index (χ2v) is 6.61. The molecule has 0 bridgehead atoms. The van der Waals surface area contributed by atoms with Gasteiger partial charge in [0.05, 0.1) is 23.8 Å². The number of pyridine rings is 1. The summed E-state index contributed by atoms with van der Waals surface area (Å²) in [5.74, 6) is 2.00. The Hall–Kier alpha value is -2.47. The van der Waals surface area contributed by atoms with Crippen molar-refractivity contribution in [3.05, 3.63) is 60.3 Å². The molecule has 25 heavy (non-hydrogen) atoms. The maximum absolute atomic E-state index is 4.97. The molecule has 3 aromatic rings. The fraction of sp³-hybridized carbons (Fsp3) is 0.421. The summed E-state index contributed by atoms with van der Waals surface area (Å²) in [7, 11) is 2.05. The summed E-state index contributed by atoms with van der Waals surface area (Å²) >= 11 is 0. The molecule has 0 saturated carbocycles. The first-order valence-corrected chi connectivity index (χ1v) is 8.95. The molecular weight excluding hydrogens is 312 g/mol.